The lowest BCUT2D eigenvalue weighted by Gasteiger charge is -2.19. The summed E-state index contributed by atoms with van der Waals surface area (Å²) >= 11 is 0. The van der Waals surface area contributed by atoms with Crippen LogP contribution in [-0.4, -0.2) is 6.04 Å². The molecule has 0 aliphatic heterocycles. The summed E-state index contributed by atoms with van der Waals surface area (Å²) in [6, 6.07) is 9.42. The van der Waals surface area contributed by atoms with E-state index in [1.165, 1.54) is 17.5 Å². The van der Waals surface area contributed by atoms with Gasteiger partial charge in [-0.25, -0.2) is 0 Å². The van der Waals surface area contributed by atoms with Crippen molar-refractivity contribution < 1.29 is 0 Å². The molecule has 1 nitrogen and oxygen atoms in total. The molecule has 96 valence electrons. The summed E-state index contributed by atoms with van der Waals surface area (Å²) in [6.07, 6.45) is 4.57. The highest BCUT2D eigenvalue weighted by molar-refractivity contribution is 5.27. The second kappa shape index (κ2) is 6.20. The van der Waals surface area contributed by atoms with Crippen molar-refractivity contribution in [3.05, 3.63) is 35.4 Å². The van der Waals surface area contributed by atoms with Gasteiger partial charge < -0.3 is 5.73 Å². The molecule has 1 aromatic carbocycles. The predicted molar refractivity (Wildman–Crippen MR) is 76.3 cm³/mol. The molecule has 1 atom stereocenters. The summed E-state index contributed by atoms with van der Waals surface area (Å²) in [5, 5.41) is 0. The molecular weight excluding hydrogens is 206 g/mol. The maximum Gasteiger partial charge on any atom is 0.00363 e. The first-order chi connectivity index (χ1) is 7.93. The molecule has 0 bridgehead atoms. The van der Waals surface area contributed by atoms with Gasteiger partial charge in [0.2, 0.25) is 0 Å². The van der Waals surface area contributed by atoms with Crippen LogP contribution in [0.5, 0.6) is 0 Å². The Bertz CT molecular complexity index is 318. The van der Waals surface area contributed by atoms with Crippen molar-refractivity contribution in [3.8, 4) is 0 Å². The first-order valence-corrected chi connectivity index (χ1v) is 6.78. The third kappa shape index (κ3) is 4.91. The molecule has 0 heterocycles. The number of nitrogens with two attached hydrogens (primary N) is 1. The van der Waals surface area contributed by atoms with Crippen molar-refractivity contribution in [1.82, 2.24) is 0 Å². The van der Waals surface area contributed by atoms with E-state index in [1.54, 1.807) is 0 Å². The monoisotopic (exact) mass is 233 g/mol. The Balaban J connectivity index is 2.46. The molecule has 1 unspecified atom stereocenters. The molecule has 2 N–H and O–H groups in total. The molecule has 1 rings (SSSR count). The Morgan fingerprint density at radius 2 is 1.71 bits per heavy atom. The van der Waals surface area contributed by atoms with Crippen molar-refractivity contribution in [2.45, 2.75) is 64.8 Å². The maximum atomic E-state index is 5.92. The van der Waals surface area contributed by atoms with E-state index >= 15 is 0 Å². The zero-order chi connectivity index (χ0) is 12.9. The fraction of sp³-hybridized carbons (Fsp3) is 0.625. The highest BCUT2D eigenvalue weighted by Crippen LogP contribution is 2.22. The van der Waals surface area contributed by atoms with Gasteiger partial charge >= 0.3 is 0 Å². The van der Waals surface area contributed by atoms with Crippen molar-refractivity contribution >= 4 is 0 Å². The molecule has 0 radical (unpaired) electrons. The van der Waals surface area contributed by atoms with E-state index in [0.717, 1.165) is 19.3 Å². The Kier molecular flexibility index (Phi) is 5.20. The average molecular weight is 233 g/mol. The van der Waals surface area contributed by atoms with Crippen LogP contribution in [0.4, 0.5) is 0 Å². The summed E-state index contributed by atoms with van der Waals surface area (Å²) < 4.78 is 0. The van der Waals surface area contributed by atoms with Gasteiger partial charge in [0.25, 0.3) is 0 Å². The van der Waals surface area contributed by atoms with Crippen LogP contribution in [0.25, 0.3) is 0 Å². The van der Waals surface area contributed by atoms with E-state index in [4.69, 9.17) is 5.73 Å². The Labute approximate surface area is 106 Å². The van der Waals surface area contributed by atoms with Crippen LogP contribution in [-0.2, 0) is 11.8 Å². The molecule has 0 amide bonds. The van der Waals surface area contributed by atoms with Crippen molar-refractivity contribution in [2.75, 3.05) is 0 Å². The smallest absolute Gasteiger partial charge is 0.00363 e. The Hall–Kier alpha value is -0.820. The van der Waals surface area contributed by atoms with E-state index < -0.39 is 0 Å². The molecule has 0 aliphatic rings. The standard InChI is InChI=1S/C16H27N/c1-5-15(17)8-6-7-13-9-11-14(12-10-13)16(2,3)4/h9-12,15H,5-8,17H2,1-4H3. The molecule has 0 fully saturated rings. The van der Waals surface area contributed by atoms with Gasteiger partial charge in [-0.1, -0.05) is 52.0 Å². The van der Waals surface area contributed by atoms with Gasteiger partial charge in [0.15, 0.2) is 0 Å². The van der Waals surface area contributed by atoms with E-state index in [9.17, 15) is 0 Å². The Morgan fingerprint density at radius 1 is 1.12 bits per heavy atom. The van der Waals surface area contributed by atoms with Crippen molar-refractivity contribution in [3.63, 3.8) is 0 Å². The quantitative estimate of drug-likeness (QED) is 0.816. The van der Waals surface area contributed by atoms with Gasteiger partial charge in [0, 0.05) is 6.04 Å². The van der Waals surface area contributed by atoms with Gasteiger partial charge in [-0.15, -0.1) is 0 Å². The second-order valence-electron chi connectivity index (χ2n) is 6.01. The van der Waals surface area contributed by atoms with E-state index in [1.807, 2.05) is 0 Å². The Morgan fingerprint density at radius 3 is 2.18 bits per heavy atom. The highest BCUT2D eigenvalue weighted by atomic mass is 14.6. The maximum absolute atomic E-state index is 5.92. The molecule has 0 saturated heterocycles. The molecule has 1 aromatic rings. The van der Waals surface area contributed by atoms with Crippen LogP contribution in [0.15, 0.2) is 24.3 Å². The number of benzene rings is 1. The summed E-state index contributed by atoms with van der Waals surface area (Å²) in [5.74, 6) is 0. The summed E-state index contributed by atoms with van der Waals surface area (Å²) in [6.45, 7) is 8.91. The minimum absolute atomic E-state index is 0.253. The minimum Gasteiger partial charge on any atom is -0.328 e. The molecule has 0 spiro atoms. The molecule has 0 aromatic heterocycles. The molecule has 1 heteroatoms. The zero-order valence-corrected chi connectivity index (χ0v) is 11.8. The largest absolute Gasteiger partial charge is 0.328 e. The minimum atomic E-state index is 0.253. The topological polar surface area (TPSA) is 26.0 Å². The third-order valence-electron chi connectivity index (χ3n) is 3.38. The normalized spacial score (nSPS) is 13.7. The molecule has 0 saturated carbocycles. The summed E-state index contributed by atoms with van der Waals surface area (Å²) in [4.78, 5) is 0. The van der Waals surface area contributed by atoms with Crippen molar-refractivity contribution in [2.24, 2.45) is 5.73 Å². The number of hydrogen-bond donors (Lipinski definition) is 1. The van der Waals surface area contributed by atoms with Crippen molar-refractivity contribution in [1.29, 1.82) is 0 Å². The van der Waals surface area contributed by atoms with Gasteiger partial charge in [-0.3, -0.25) is 0 Å². The number of rotatable bonds is 5. The summed E-state index contributed by atoms with van der Waals surface area (Å²) in [5.41, 5.74) is 9.01. The van der Waals surface area contributed by atoms with Crippen LogP contribution in [0.2, 0.25) is 0 Å². The van der Waals surface area contributed by atoms with E-state index in [2.05, 4.69) is 52.0 Å². The first-order valence-electron chi connectivity index (χ1n) is 6.78. The molecule has 17 heavy (non-hydrogen) atoms. The van der Waals surface area contributed by atoms with Crippen LogP contribution in [0, 0.1) is 0 Å². The van der Waals surface area contributed by atoms with Gasteiger partial charge in [-0.05, 0) is 42.2 Å². The lowest BCUT2D eigenvalue weighted by molar-refractivity contribution is 0.567. The SMILES string of the molecule is CCC(N)CCCc1ccc(C(C)(C)C)cc1. The second-order valence-corrected chi connectivity index (χ2v) is 6.01. The highest BCUT2D eigenvalue weighted by Gasteiger charge is 2.12. The third-order valence-corrected chi connectivity index (χ3v) is 3.38. The summed E-state index contributed by atoms with van der Waals surface area (Å²) in [7, 11) is 0. The van der Waals surface area contributed by atoms with E-state index in [0.29, 0.717) is 6.04 Å². The van der Waals surface area contributed by atoms with Crippen LogP contribution in [0.3, 0.4) is 0 Å². The fourth-order valence-electron chi connectivity index (χ4n) is 1.94. The lowest BCUT2D eigenvalue weighted by atomic mass is 9.86. The van der Waals surface area contributed by atoms with Gasteiger partial charge in [0.05, 0.1) is 0 Å². The van der Waals surface area contributed by atoms with Crippen LogP contribution >= 0.6 is 0 Å². The fourth-order valence-corrected chi connectivity index (χ4v) is 1.94. The van der Waals surface area contributed by atoms with Crippen LogP contribution < -0.4 is 5.73 Å². The van der Waals surface area contributed by atoms with E-state index in [-0.39, 0.29) is 5.41 Å². The number of hydrogen-bond acceptors (Lipinski definition) is 1. The first kappa shape index (κ1) is 14.2. The van der Waals surface area contributed by atoms with Gasteiger partial charge in [0.1, 0.15) is 0 Å². The predicted octanol–water partition coefficient (Wildman–Crippen LogP) is 4.04. The molecule has 0 aliphatic carbocycles. The number of aryl methyl sites for hydroxylation is 1. The zero-order valence-electron chi connectivity index (χ0n) is 11.8. The average Bonchev–Trinajstić information content (AvgIpc) is 2.28. The lowest BCUT2D eigenvalue weighted by Crippen LogP contribution is -2.18. The molecular formula is C16H27N. The van der Waals surface area contributed by atoms with Gasteiger partial charge in [-0.2, -0.15) is 0 Å². The van der Waals surface area contributed by atoms with Crippen LogP contribution in [0.1, 0.15) is 58.1 Å².